The number of ether oxygens (including phenoxy) is 3. The van der Waals surface area contributed by atoms with Crippen molar-refractivity contribution < 1.29 is 27.8 Å². The number of nitrogens with zero attached hydrogens (tertiary/aromatic N) is 1. The third kappa shape index (κ3) is 6.06. The highest BCUT2D eigenvalue weighted by molar-refractivity contribution is 6.36. The molecule has 0 bridgehead atoms. The Bertz CT molecular complexity index is 1490. The zero-order chi connectivity index (χ0) is 30.0. The van der Waals surface area contributed by atoms with Gasteiger partial charge in [0.05, 0.1) is 18.2 Å². The van der Waals surface area contributed by atoms with Crippen molar-refractivity contribution >= 4 is 46.0 Å². The van der Waals surface area contributed by atoms with Gasteiger partial charge >= 0.3 is 5.97 Å². The number of carbonyl (C=O) groups is 1. The standard InChI is InChI=1S/C33H33Cl2F2NO4/c1-40-32(39)21-7-9-24-20(15-21)5-4-6-26(25-10-8-22(34)16-27(25)35)30(24)31-28(36)17-23(18-29(31)37)38-13-11-19(12-14-38)33(41-2)42-3/h7-10,15-19,33H,4-6,11-14H2,1-3H3. The number of benzene rings is 3. The molecule has 9 heteroatoms. The molecule has 0 N–H and O–H groups in total. The quantitative estimate of drug-likeness (QED) is 0.198. The van der Waals surface area contributed by atoms with Crippen LogP contribution in [0.4, 0.5) is 14.5 Å². The number of esters is 1. The number of hydrogen-bond acceptors (Lipinski definition) is 5. The number of rotatable bonds is 7. The van der Waals surface area contributed by atoms with Crippen LogP contribution >= 0.6 is 23.2 Å². The van der Waals surface area contributed by atoms with Crippen molar-refractivity contribution in [1.29, 1.82) is 0 Å². The van der Waals surface area contributed by atoms with Gasteiger partial charge < -0.3 is 19.1 Å². The number of halogens is 4. The minimum Gasteiger partial charge on any atom is -0.465 e. The van der Waals surface area contributed by atoms with Crippen molar-refractivity contribution in [3.8, 4) is 0 Å². The van der Waals surface area contributed by atoms with E-state index in [2.05, 4.69) is 0 Å². The van der Waals surface area contributed by atoms with Crippen LogP contribution in [0, 0.1) is 17.6 Å². The summed E-state index contributed by atoms with van der Waals surface area (Å²) in [5, 5.41) is 0.866. The number of methoxy groups -OCH3 is 3. The number of piperidine rings is 1. The molecule has 2 aliphatic rings. The highest BCUT2D eigenvalue weighted by Crippen LogP contribution is 2.44. The predicted molar refractivity (Wildman–Crippen MR) is 162 cm³/mol. The summed E-state index contributed by atoms with van der Waals surface area (Å²) in [6, 6.07) is 13.1. The monoisotopic (exact) mass is 615 g/mol. The lowest BCUT2D eigenvalue weighted by molar-refractivity contribution is -0.141. The number of fused-ring (bicyclic) bond motifs is 1. The van der Waals surface area contributed by atoms with Crippen molar-refractivity contribution in [3.05, 3.63) is 98.0 Å². The van der Waals surface area contributed by atoms with E-state index in [0.29, 0.717) is 70.3 Å². The highest BCUT2D eigenvalue weighted by atomic mass is 35.5. The van der Waals surface area contributed by atoms with Gasteiger partial charge in [-0.2, -0.15) is 0 Å². The summed E-state index contributed by atoms with van der Waals surface area (Å²) in [7, 11) is 4.56. The summed E-state index contributed by atoms with van der Waals surface area (Å²) in [6.07, 6.45) is 3.07. The first-order valence-corrected chi connectivity index (χ1v) is 14.7. The lowest BCUT2D eigenvalue weighted by atomic mass is 9.86. The molecule has 1 aliphatic heterocycles. The van der Waals surface area contributed by atoms with Gasteiger partial charge in [0.1, 0.15) is 11.6 Å². The molecule has 0 saturated carbocycles. The molecule has 0 radical (unpaired) electrons. The van der Waals surface area contributed by atoms with Gasteiger partial charge in [0.2, 0.25) is 0 Å². The minimum atomic E-state index is -0.665. The maximum absolute atomic E-state index is 16.2. The number of hydrogen-bond donors (Lipinski definition) is 0. The summed E-state index contributed by atoms with van der Waals surface area (Å²) in [5.74, 6) is -1.59. The molecule has 1 fully saturated rings. The number of aryl methyl sites for hydroxylation is 1. The summed E-state index contributed by atoms with van der Waals surface area (Å²) >= 11 is 12.8. The molecule has 0 unspecified atom stereocenters. The fraction of sp³-hybridized carbons (Fsp3) is 0.364. The largest absolute Gasteiger partial charge is 0.465 e. The topological polar surface area (TPSA) is 48.0 Å². The van der Waals surface area contributed by atoms with Crippen molar-refractivity contribution in [2.24, 2.45) is 5.92 Å². The molecule has 42 heavy (non-hydrogen) atoms. The third-order valence-electron chi connectivity index (χ3n) is 8.26. The van der Waals surface area contributed by atoms with Crippen LogP contribution in [0.3, 0.4) is 0 Å². The van der Waals surface area contributed by atoms with Gasteiger partial charge in [0.25, 0.3) is 0 Å². The first-order valence-electron chi connectivity index (χ1n) is 14.0. The van der Waals surface area contributed by atoms with Gasteiger partial charge in [-0.1, -0.05) is 35.3 Å². The summed E-state index contributed by atoms with van der Waals surface area (Å²) in [6.45, 7) is 1.25. The average molecular weight is 617 g/mol. The van der Waals surface area contributed by atoms with Crippen molar-refractivity contribution in [2.45, 2.75) is 38.4 Å². The van der Waals surface area contributed by atoms with Crippen molar-refractivity contribution in [3.63, 3.8) is 0 Å². The summed E-state index contributed by atoms with van der Waals surface area (Å²) in [5.41, 5.74) is 4.01. The van der Waals surface area contributed by atoms with Gasteiger partial charge in [-0.3, -0.25) is 0 Å². The van der Waals surface area contributed by atoms with Gasteiger partial charge in [-0.25, -0.2) is 13.6 Å². The van der Waals surface area contributed by atoms with Crippen LogP contribution in [0.25, 0.3) is 11.1 Å². The van der Waals surface area contributed by atoms with Crippen LogP contribution in [-0.4, -0.2) is 46.7 Å². The molecule has 3 aromatic carbocycles. The van der Waals surface area contributed by atoms with E-state index in [1.54, 1.807) is 50.6 Å². The van der Waals surface area contributed by atoms with E-state index in [-0.39, 0.29) is 17.8 Å². The maximum atomic E-state index is 16.2. The van der Waals surface area contributed by atoms with E-state index in [9.17, 15) is 4.79 Å². The van der Waals surface area contributed by atoms with Crippen LogP contribution in [0.15, 0.2) is 48.5 Å². The normalized spacial score (nSPS) is 16.0. The maximum Gasteiger partial charge on any atom is 0.337 e. The van der Waals surface area contributed by atoms with Gasteiger partial charge in [-0.05, 0) is 96.3 Å². The molecule has 5 nitrogen and oxygen atoms in total. The van der Waals surface area contributed by atoms with E-state index in [4.69, 9.17) is 37.4 Å². The van der Waals surface area contributed by atoms with Crippen LogP contribution in [0.5, 0.6) is 0 Å². The van der Waals surface area contributed by atoms with Crippen molar-refractivity contribution in [2.75, 3.05) is 39.3 Å². The minimum absolute atomic E-state index is 0.123. The number of allylic oxidation sites excluding steroid dienone is 1. The molecule has 1 aliphatic carbocycles. The lowest BCUT2D eigenvalue weighted by Gasteiger charge is -2.36. The molecular weight excluding hydrogens is 583 g/mol. The molecule has 3 aromatic rings. The second-order valence-corrected chi connectivity index (χ2v) is 11.5. The molecule has 222 valence electrons. The predicted octanol–water partition coefficient (Wildman–Crippen LogP) is 8.19. The molecule has 0 spiro atoms. The Morgan fingerprint density at radius 3 is 2.19 bits per heavy atom. The Kier molecular flexibility index (Phi) is 9.53. The number of carbonyl (C=O) groups excluding carboxylic acids is 1. The first-order chi connectivity index (χ1) is 20.2. The molecule has 0 amide bonds. The van der Waals surface area contributed by atoms with Crippen LogP contribution < -0.4 is 4.90 Å². The molecule has 5 rings (SSSR count). The van der Waals surface area contributed by atoms with Gasteiger partial charge in [0.15, 0.2) is 6.29 Å². The fourth-order valence-electron chi connectivity index (χ4n) is 6.21. The van der Waals surface area contributed by atoms with E-state index in [1.807, 2.05) is 4.90 Å². The summed E-state index contributed by atoms with van der Waals surface area (Å²) < 4.78 is 48.2. The van der Waals surface area contributed by atoms with E-state index < -0.39 is 17.6 Å². The Hall–Kier alpha value is -2.97. The average Bonchev–Trinajstić information content (AvgIpc) is 3.16. The second kappa shape index (κ2) is 13.1. The van der Waals surface area contributed by atoms with Gasteiger partial charge in [0, 0.05) is 49.0 Å². The zero-order valence-corrected chi connectivity index (χ0v) is 25.3. The first kappa shape index (κ1) is 30.5. The molecule has 1 saturated heterocycles. The van der Waals surface area contributed by atoms with Crippen molar-refractivity contribution in [1.82, 2.24) is 0 Å². The van der Waals surface area contributed by atoms with E-state index in [0.717, 1.165) is 24.0 Å². The SMILES string of the molecule is COC(=O)c1ccc2c(c1)CCCC(c1ccc(Cl)cc1Cl)=C2c1c(F)cc(N2CCC(C(OC)OC)CC2)cc1F. The molecule has 1 heterocycles. The van der Waals surface area contributed by atoms with Crippen LogP contribution in [-0.2, 0) is 20.6 Å². The highest BCUT2D eigenvalue weighted by Gasteiger charge is 2.30. The second-order valence-electron chi connectivity index (χ2n) is 10.6. The Morgan fingerprint density at radius 1 is 0.905 bits per heavy atom. The van der Waals surface area contributed by atoms with Crippen LogP contribution in [0.1, 0.15) is 58.3 Å². The molecule has 0 aromatic heterocycles. The zero-order valence-electron chi connectivity index (χ0n) is 23.8. The lowest BCUT2D eigenvalue weighted by Crippen LogP contribution is -2.39. The van der Waals surface area contributed by atoms with E-state index >= 15 is 8.78 Å². The Balaban J connectivity index is 1.62. The molecule has 0 atom stereocenters. The fourth-order valence-corrected chi connectivity index (χ4v) is 6.74. The Morgan fingerprint density at radius 2 is 1.57 bits per heavy atom. The Labute approximate surface area is 255 Å². The number of anilines is 1. The van der Waals surface area contributed by atoms with E-state index in [1.165, 1.54) is 19.2 Å². The smallest absolute Gasteiger partial charge is 0.337 e. The summed E-state index contributed by atoms with van der Waals surface area (Å²) in [4.78, 5) is 14.3. The molecular formula is C33H33Cl2F2NO4. The third-order valence-corrected chi connectivity index (χ3v) is 8.81. The van der Waals surface area contributed by atoms with Crippen LogP contribution in [0.2, 0.25) is 10.0 Å². The van der Waals surface area contributed by atoms with Gasteiger partial charge in [-0.15, -0.1) is 0 Å².